The lowest BCUT2D eigenvalue weighted by Crippen LogP contribution is -2.70. The van der Waals surface area contributed by atoms with Crippen LogP contribution in [0, 0.1) is 5.92 Å². The highest BCUT2D eigenvalue weighted by Gasteiger charge is 2.55. The number of benzene rings is 1. The lowest BCUT2D eigenvalue weighted by molar-refractivity contribution is -0.146. The molecule has 2 heterocycles. The van der Waals surface area contributed by atoms with Gasteiger partial charge in [-0.05, 0) is 25.2 Å². The number of thiocarbonyl (C=S) groups is 1. The maximum Gasteiger partial charge on any atom is 0.233 e. The SMILES string of the molecule is COc1cccc2c1O[C@@]1(C)NC(=S)N[C@H]2[C@@H]1C(=O)N(C)C. The van der Waals surface area contributed by atoms with Crippen LogP contribution in [0.4, 0.5) is 0 Å². The van der Waals surface area contributed by atoms with Crippen LogP contribution in [-0.2, 0) is 4.79 Å². The number of carbonyl (C=O) groups excluding carboxylic acids is 1. The summed E-state index contributed by atoms with van der Waals surface area (Å²) in [6, 6.07) is 5.39. The van der Waals surface area contributed by atoms with E-state index in [-0.39, 0.29) is 11.9 Å². The third-order valence-corrected chi connectivity index (χ3v) is 4.38. The van der Waals surface area contributed by atoms with Crippen LogP contribution in [0.5, 0.6) is 11.5 Å². The predicted molar refractivity (Wildman–Crippen MR) is 85.8 cm³/mol. The molecule has 1 saturated heterocycles. The molecule has 0 unspecified atom stereocenters. The monoisotopic (exact) mass is 321 g/mol. The zero-order valence-corrected chi connectivity index (χ0v) is 13.8. The highest BCUT2D eigenvalue weighted by atomic mass is 32.1. The first-order chi connectivity index (χ1) is 10.4. The highest BCUT2D eigenvalue weighted by Crippen LogP contribution is 2.48. The lowest BCUT2D eigenvalue weighted by atomic mass is 9.79. The fraction of sp³-hybridized carbons (Fsp3) is 0.467. The van der Waals surface area contributed by atoms with Gasteiger partial charge in [0.2, 0.25) is 5.91 Å². The molecule has 2 bridgehead atoms. The Morgan fingerprint density at radius 2 is 2.18 bits per heavy atom. The first-order valence-electron chi connectivity index (χ1n) is 7.03. The summed E-state index contributed by atoms with van der Waals surface area (Å²) in [5.41, 5.74) is -0.0448. The van der Waals surface area contributed by atoms with E-state index in [2.05, 4.69) is 10.6 Å². The summed E-state index contributed by atoms with van der Waals surface area (Å²) < 4.78 is 11.5. The van der Waals surface area contributed by atoms with Gasteiger partial charge in [0.25, 0.3) is 0 Å². The van der Waals surface area contributed by atoms with Gasteiger partial charge in [0, 0.05) is 19.7 Å². The van der Waals surface area contributed by atoms with E-state index in [0.29, 0.717) is 16.6 Å². The minimum Gasteiger partial charge on any atom is -0.493 e. The van der Waals surface area contributed by atoms with Crippen LogP contribution in [0.3, 0.4) is 0 Å². The number of amides is 1. The van der Waals surface area contributed by atoms with Gasteiger partial charge in [-0.15, -0.1) is 0 Å². The summed E-state index contributed by atoms with van der Waals surface area (Å²) in [4.78, 5) is 14.3. The van der Waals surface area contributed by atoms with Crippen molar-refractivity contribution in [2.45, 2.75) is 18.7 Å². The summed E-state index contributed by atoms with van der Waals surface area (Å²) in [5, 5.41) is 6.78. The van der Waals surface area contributed by atoms with E-state index >= 15 is 0 Å². The molecule has 0 aromatic heterocycles. The van der Waals surface area contributed by atoms with E-state index in [1.807, 2.05) is 25.1 Å². The molecule has 1 fully saturated rings. The number of ether oxygens (including phenoxy) is 2. The van der Waals surface area contributed by atoms with E-state index in [4.69, 9.17) is 21.7 Å². The number of methoxy groups -OCH3 is 1. The Kier molecular flexibility index (Phi) is 3.40. The summed E-state index contributed by atoms with van der Waals surface area (Å²) in [5.74, 6) is 0.820. The van der Waals surface area contributed by atoms with Crippen LogP contribution in [0.15, 0.2) is 18.2 Å². The number of hydrogen-bond acceptors (Lipinski definition) is 4. The Morgan fingerprint density at radius 3 is 2.82 bits per heavy atom. The lowest BCUT2D eigenvalue weighted by Gasteiger charge is -2.51. The molecule has 22 heavy (non-hydrogen) atoms. The normalized spacial score (nSPS) is 28.6. The van der Waals surface area contributed by atoms with Crippen LogP contribution in [0.25, 0.3) is 0 Å². The van der Waals surface area contributed by atoms with Gasteiger partial charge in [-0.1, -0.05) is 12.1 Å². The number of fused-ring (bicyclic) bond motifs is 4. The van der Waals surface area contributed by atoms with Crippen molar-refractivity contribution in [2.75, 3.05) is 21.2 Å². The van der Waals surface area contributed by atoms with Gasteiger partial charge >= 0.3 is 0 Å². The van der Waals surface area contributed by atoms with Crippen LogP contribution < -0.4 is 20.1 Å². The molecular weight excluding hydrogens is 302 g/mol. The first kappa shape index (κ1) is 14.9. The summed E-state index contributed by atoms with van der Waals surface area (Å²) >= 11 is 5.27. The van der Waals surface area contributed by atoms with Gasteiger partial charge in [-0.2, -0.15) is 0 Å². The van der Waals surface area contributed by atoms with Crippen molar-refractivity contribution in [3.05, 3.63) is 23.8 Å². The molecule has 3 atom stereocenters. The fourth-order valence-electron chi connectivity index (χ4n) is 3.14. The number of nitrogens with one attached hydrogen (secondary N) is 2. The second kappa shape index (κ2) is 5.01. The molecule has 2 N–H and O–H groups in total. The zero-order chi connectivity index (χ0) is 16.1. The van der Waals surface area contributed by atoms with Gasteiger partial charge in [-0.25, -0.2) is 0 Å². The Labute approximate surface area is 134 Å². The molecule has 0 spiro atoms. The van der Waals surface area contributed by atoms with Crippen molar-refractivity contribution >= 4 is 23.2 Å². The van der Waals surface area contributed by atoms with Gasteiger partial charge in [-0.3, -0.25) is 4.79 Å². The van der Waals surface area contributed by atoms with Crippen LogP contribution >= 0.6 is 12.2 Å². The number of para-hydroxylation sites is 1. The maximum absolute atomic E-state index is 12.7. The molecule has 1 amide bonds. The van der Waals surface area contributed by atoms with E-state index in [1.54, 1.807) is 26.1 Å². The standard InChI is InChI=1S/C15H19N3O3S/c1-15-10(13(19)18(2)3)11(16-14(22)17-15)8-6-5-7-9(20-4)12(8)21-15/h5-7,10-11H,1-4H3,(H2,16,17,22)/t10-,11-,15-/m1/s1. The van der Waals surface area contributed by atoms with E-state index in [1.165, 1.54) is 0 Å². The summed E-state index contributed by atoms with van der Waals surface area (Å²) in [7, 11) is 5.07. The first-order valence-corrected chi connectivity index (χ1v) is 7.44. The Bertz CT molecular complexity index is 649. The topological polar surface area (TPSA) is 62.8 Å². The fourth-order valence-corrected chi connectivity index (χ4v) is 3.47. The second-order valence-corrected chi connectivity index (χ2v) is 6.28. The van der Waals surface area contributed by atoms with Crippen LogP contribution in [0.1, 0.15) is 18.5 Å². The predicted octanol–water partition coefficient (Wildman–Crippen LogP) is 1.03. The second-order valence-electron chi connectivity index (χ2n) is 5.87. The largest absolute Gasteiger partial charge is 0.493 e. The number of hydrogen-bond donors (Lipinski definition) is 2. The average molecular weight is 321 g/mol. The van der Waals surface area contributed by atoms with Gasteiger partial charge < -0.3 is 25.0 Å². The van der Waals surface area contributed by atoms with Gasteiger partial charge in [0.1, 0.15) is 5.92 Å². The number of nitrogens with zero attached hydrogens (tertiary/aromatic N) is 1. The molecule has 118 valence electrons. The van der Waals surface area contributed by atoms with Crippen molar-refractivity contribution in [3.63, 3.8) is 0 Å². The van der Waals surface area contributed by atoms with Crippen molar-refractivity contribution in [3.8, 4) is 11.5 Å². The smallest absolute Gasteiger partial charge is 0.233 e. The minimum atomic E-state index is -0.921. The van der Waals surface area contributed by atoms with Crippen molar-refractivity contribution < 1.29 is 14.3 Å². The molecule has 3 rings (SSSR count). The summed E-state index contributed by atoms with van der Waals surface area (Å²) in [6.45, 7) is 1.84. The number of rotatable bonds is 2. The average Bonchev–Trinajstić information content (AvgIpc) is 2.44. The molecular formula is C15H19N3O3S. The maximum atomic E-state index is 12.7. The molecule has 6 nitrogen and oxygen atoms in total. The molecule has 0 radical (unpaired) electrons. The highest BCUT2D eigenvalue weighted by molar-refractivity contribution is 7.80. The van der Waals surface area contributed by atoms with E-state index in [9.17, 15) is 4.79 Å². The minimum absolute atomic E-state index is 0.0246. The Hall–Kier alpha value is -2.02. The molecule has 0 aliphatic carbocycles. The Morgan fingerprint density at radius 1 is 1.45 bits per heavy atom. The van der Waals surface area contributed by atoms with Crippen LogP contribution in [-0.4, -0.2) is 42.8 Å². The van der Waals surface area contributed by atoms with Gasteiger partial charge in [0.05, 0.1) is 13.2 Å². The summed E-state index contributed by atoms with van der Waals surface area (Å²) in [6.07, 6.45) is 0. The molecule has 0 saturated carbocycles. The third-order valence-electron chi connectivity index (χ3n) is 4.16. The molecule has 2 aliphatic rings. The zero-order valence-electron chi connectivity index (χ0n) is 13.0. The molecule has 2 aliphatic heterocycles. The third kappa shape index (κ3) is 2.08. The van der Waals surface area contributed by atoms with E-state index < -0.39 is 11.6 Å². The Balaban J connectivity index is 2.16. The molecule has 7 heteroatoms. The van der Waals surface area contributed by atoms with Crippen LogP contribution in [0.2, 0.25) is 0 Å². The molecule has 1 aromatic carbocycles. The van der Waals surface area contributed by atoms with Gasteiger partial charge in [0.15, 0.2) is 22.3 Å². The van der Waals surface area contributed by atoms with E-state index in [0.717, 1.165) is 5.56 Å². The molecule has 1 aromatic rings. The quantitative estimate of drug-likeness (QED) is 0.793. The van der Waals surface area contributed by atoms with Crippen molar-refractivity contribution in [1.29, 1.82) is 0 Å². The van der Waals surface area contributed by atoms with Crippen molar-refractivity contribution in [1.82, 2.24) is 15.5 Å². The number of carbonyl (C=O) groups is 1. The van der Waals surface area contributed by atoms with Crippen molar-refractivity contribution in [2.24, 2.45) is 5.92 Å².